The van der Waals surface area contributed by atoms with Crippen LogP contribution in [-0.4, -0.2) is 36.5 Å². The number of carbonyl (C=O) groups is 3. The van der Waals surface area contributed by atoms with Crippen LogP contribution in [0, 0.1) is 46.3 Å². The van der Waals surface area contributed by atoms with Crippen LogP contribution in [0.3, 0.4) is 0 Å². The Morgan fingerprint density at radius 2 is 1.81 bits per heavy atom. The number of fused-ring (bicyclic) bond motifs is 5. The van der Waals surface area contributed by atoms with Crippen LogP contribution in [0.1, 0.15) is 78.6 Å². The SMILES string of the molecule is C[C@@H](CCC(=O)[O-])[C@H]1CC[C@H]2[C@H]3C(=O)C[C@@H]4CC5(CC[C@]4(C)[C@@H]3CC(=O)[C@]12C)OCCO5. The van der Waals surface area contributed by atoms with Crippen molar-refractivity contribution < 1.29 is 29.0 Å². The van der Waals surface area contributed by atoms with Gasteiger partial charge in [0.2, 0.25) is 0 Å². The maximum Gasteiger partial charge on any atom is 0.168 e. The molecule has 5 rings (SSSR count). The molecule has 5 aliphatic rings. The molecule has 1 aliphatic heterocycles. The second kappa shape index (κ2) is 7.63. The normalized spacial score (nSPS) is 45.9. The van der Waals surface area contributed by atoms with Gasteiger partial charge in [0.25, 0.3) is 0 Å². The molecule has 6 heteroatoms. The Morgan fingerprint density at radius 1 is 1.09 bits per heavy atom. The lowest BCUT2D eigenvalue weighted by atomic mass is 9.43. The Hall–Kier alpha value is -1.27. The maximum atomic E-state index is 13.8. The zero-order valence-corrected chi connectivity index (χ0v) is 19.7. The summed E-state index contributed by atoms with van der Waals surface area (Å²) in [4.78, 5) is 38.4. The minimum atomic E-state index is -1.03. The number of carboxylic acid groups (broad SMARTS) is 1. The molecule has 0 bridgehead atoms. The van der Waals surface area contributed by atoms with E-state index < -0.39 is 17.2 Å². The van der Waals surface area contributed by atoms with E-state index in [0.717, 1.165) is 32.1 Å². The van der Waals surface area contributed by atoms with Gasteiger partial charge in [0.15, 0.2) is 5.79 Å². The summed E-state index contributed by atoms with van der Waals surface area (Å²) in [6.45, 7) is 7.72. The third-order valence-corrected chi connectivity index (χ3v) is 10.7. The molecule has 32 heavy (non-hydrogen) atoms. The average molecular weight is 446 g/mol. The van der Waals surface area contributed by atoms with Gasteiger partial charge in [-0.05, 0) is 67.1 Å². The molecule has 0 aromatic heterocycles. The molecular weight excluding hydrogens is 408 g/mol. The lowest BCUT2D eigenvalue weighted by Gasteiger charge is -2.60. The van der Waals surface area contributed by atoms with Crippen LogP contribution >= 0.6 is 0 Å². The Balaban J connectivity index is 1.41. The van der Waals surface area contributed by atoms with Gasteiger partial charge in [0.1, 0.15) is 11.6 Å². The molecule has 1 saturated heterocycles. The summed E-state index contributed by atoms with van der Waals surface area (Å²) in [5.74, 6) is -0.273. The van der Waals surface area contributed by atoms with Crippen molar-refractivity contribution in [2.24, 2.45) is 46.3 Å². The lowest BCUT2D eigenvalue weighted by Crippen LogP contribution is -2.61. The number of aliphatic carboxylic acids is 1. The molecule has 1 heterocycles. The number of ketones is 2. The van der Waals surface area contributed by atoms with Gasteiger partial charge in [-0.15, -0.1) is 0 Å². The first-order valence-electron chi connectivity index (χ1n) is 12.6. The number of rotatable bonds is 4. The summed E-state index contributed by atoms with van der Waals surface area (Å²) in [5, 5.41) is 11.0. The fourth-order valence-electron chi connectivity index (χ4n) is 8.85. The van der Waals surface area contributed by atoms with Crippen molar-refractivity contribution in [3.8, 4) is 0 Å². The van der Waals surface area contributed by atoms with Crippen LogP contribution in [0.2, 0.25) is 0 Å². The molecule has 178 valence electrons. The highest BCUT2D eigenvalue weighted by Gasteiger charge is 2.67. The summed E-state index contributed by atoms with van der Waals surface area (Å²) < 4.78 is 12.0. The second-order valence-corrected chi connectivity index (χ2v) is 11.9. The summed E-state index contributed by atoms with van der Waals surface area (Å²) >= 11 is 0. The van der Waals surface area contributed by atoms with Crippen LogP contribution in [0.5, 0.6) is 0 Å². The summed E-state index contributed by atoms with van der Waals surface area (Å²) in [6, 6.07) is 0. The molecule has 0 aromatic carbocycles. The highest BCUT2D eigenvalue weighted by Crippen LogP contribution is 2.67. The molecular formula is C26H37O6-. The molecule has 8 atom stereocenters. The third kappa shape index (κ3) is 3.15. The predicted octanol–water partition coefficient (Wildman–Crippen LogP) is 2.91. The average Bonchev–Trinajstić information content (AvgIpc) is 3.34. The third-order valence-electron chi connectivity index (χ3n) is 10.7. The first-order chi connectivity index (χ1) is 15.1. The number of Topliss-reactive ketones (excluding diaryl/α,β-unsaturated/α-hetero) is 2. The molecule has 6 nitrogen and oxygen atoms in total. The fourth-order valence-corrected chi connectivity index (χ4v) is 8.85. The van der Waals surface area contributed by atoms with E-state index in [9.17, 15) is 19.5 Å². The Bertz CT molecular complexity index is 815. The molecule has 4 aliphatic carbocycles. The van der Waals surface area contributed by atoms with Crippen molar-refractivity contribution in [3.63, 3.8) is 0 Å². The monoisotopic (exact) mass is 445 g/mol. The number of hydrogen-bond donors (Lipinski definition) is 0. The smallest absolute Gasteiger partial charge is 0.168 e. The van der Waals surface area contributed by atoms with E-state index in [1.807, 2.05) is 0 Å². The van der Waals surface area contributed by atoms with Crippen molar-refractivity contribution in [1.29, 1.82) is 0 Å². The summed E-state index contributed by atoms with van der Waals surface area (Å²) in [7, 11) is 0. The van der Waals surface area contributed by atoms with Gasteiger partial charge >= 0.3 is 0 Å². The van der Waals surface area contributed by atoms with Crippen LogP contribution < -0.4 is 5.11 Å². The van der Waals surface area contributed by atoms with Gasteiger partial charge < -0.3 is 19.4 Å². The van der Waals surface area contributed by atoms with Crippen LogP contribution in [0.25, 0.3) is 0 Å². The van der Waals surface area contributed by atoms with E-state index in [0.29, 0.717) is 44.0 Å². The van der Waals surface area contributed by atoms with Crippen LogP contribution in [-0.2, 0) is 23.9 Å². The minimum absolute atomic E-state index is 0.0310. The second-order valence-electron chi connectivity index (χ2n) is 11.9. The fraction of sp³-hybridized carbons (Fsp3) is 0.885. The number of ether oxygens (including phenoxy) is 2. The minimum Gasteiger partial charge on any atom is -0.550 e. The van der Waals surface area contributed by atoms with Gasteiger partial charge in [0, 0.05) is 43.0 Å². The van der Waals surface area contributed by atoms with Crippen molar-refractivity contribution >= 4 is 17.5 Å². The number of carboxylic acids is 1. The molecule has 0 unspecified atom stereocenters. The predicted molar refractivity (Wildman–Crippen MR) is 114 cm³/mol. The highest BCUT2D eigenvalue weighted by atomic mass is 16.7. The summed E-state index contributed by atoms with van der Waals surface area (Å²) in [5.41, 5.74) is -0.548. The highest BCUT2D eigenvalue weighted by molar-refractivity contribution is 5.92. The van der Waals surface area contributed by atoms with E-state index >= 15 is 0 Å². The van der Waals surface area contributed by atoms with E-state index in [2.05, 4.69) is 20.8 Å². The lowest BCUT2D eigenvalue weighted by molar-refractivity contribution is -0.306. The van der Waals surface area contributed by atoms with Crippen LogP contribution in [0.15, 0.2) is 0 Å². The Labute approximate surface area is 190 Å². The van der Waals surface area contributed by atoms with Gasteiger partial charge in [0.05, 0.1) is 13.2 Å². The first kappa shape index (κ1) is 22.5. The molecule has 5 fully saturated rings. The maximum absolute atomic E-state index is 13.8. The van der Waals surface area contributed by atoms with Gasteiger partial charge in [-0.2, -0.15) is 0 Å². The molecule has 0 aromatic rings. The van der Waals surface area contributed by atoms with Crippen molar-refractivity contribution in [3.05, 3.63) is 0 Å². The largest absolute Gasteiger partial charge is 0.550 e. The van der Waals surface area contributed by atoms with Crippen molar-refractivity contribution in [2.45, 2.75) is 84.3 Å². The van der Waals surface area contributed by atoms with Crippen molar-refractivity contribution in [2.75, 3.05) is 13.2 Å². The summed E-state index contributed by atoms with van der Waals surface area (Å²) in [6.07, 6.45) is 5.96. The van der Waals surface area contributed by atoms with E-state index in [4.69, 9.17) is 9.47 Å². The first-order valence-corrected chi connectivity index (χ1v) is 12.6. The quantitative estimate of drug-likeness (QED) is 0.661. The standard InChI is InChI=1S/C26H38O6/c1-15(4-7-22(29)30)17-5-6-18-23-19(13-21(28)25(17,18)3)24(2)8-9-26(31-10-11-32-26)14-16(24)12-20(23)27/h15-19,23H,4-14H2,1-3H3,(H,29,30)/p-1/t15-,16+,17+,18-,19+,23+,24-,25+/m0/s1. The van der Waals surface area contributed by atoms with Crippen LogP contribution in [0.4, 0.5) is 0 Å². The molecule has 0 N–H and O–H groups in total. The van der Waals surface area contributed by atoms with E-state index in [1.165, 1.54) is 0 Å². The van der Waals surface area contributed by atoms with Gasteiger partial charge in [-0.3, -0.25) is 9.59 Å². The van der Waals surface area contributed by atoms with Gasteiger partial charge in [-0.25, -0.2) is 0 Å². The zero-order chi connectivity index (χ0) is 22.9. The topological polar surface area (TPSA) is 92.7 Å². The van der Waals surface area contributed by atoms with E-state index in [1.54, 1.807) is 0 Å². The number of carbonyl (C=O) groups excluding carboxylic acids is 3. The zero-order valence-electron chi connectivity index (χ0n) is 19.7. The molecule has 4 saturated carbocycles. The Kier molecular flexibility index (Phi) is 5.37. The molecule has 1 spiro atoms. The number of hydrogen-bond acceptors (Lipinski definition) is 6. The molecule has 0 amide bonds. The van der Waals surface area contributed by atoms with Crippen molar-refractivity contribution in [1.82, 2.24) is 0 Å². The van der Waals surface area contributed by atoms with E-state index in [-0.39, 0.29) is 47.3 Å². The van der Waals surface area contributed by atoms with Gasteiger partial charge in [-0.1, -0.05) is 20.8 Å². The Morgan fingerprint density at radius 3 is 2.50 bits per heavy atom. The molecule has 0 radical (unpaired) electrons.